The Hall–Kier alpha value is -2.94. The van der Waals surface area contributed by atoms with Gasteiger partial charge in [0.05, 0.1) is 17.3 Å². The number of anilines is 1. The molecule has 3 heterocycles. The zero-order chi connectivity index (χ0) is 19.8. The maximum absolute atomic E-state index is 11.6. The number of carbonyl (C=O) groups is 1. The number of aromatic nitrogens is 3. The highest BCUT2D eigenvalue weighted by Gasteiger charge is 2.37. The van der Waals surface area contributed by atoms with E-state index in [9.17, 15) is 4.79 Å². The Labute approximate surface area is 171 Å². The number of carbonyl (C=O) groups excluding carboxylic acids is 1. The molecule has 2 aromatic heterocycles. The van der Waals surface area contributed by atoms with Crippen LogP contribution < -0.4 is 10.1 Å². The van der Waals surface area contributed by atoms with Crippen LogP contribution >= 0.6 is 11.3 Å². The number of para-hydroxylation sites is 1. The minimum absolute atomic E-state index is 0.106. The van der Waals surface area contributed by atoms with Gasteiger partial charge in [0.2, 0.25) is 5.88 Å². The normalized spacial score (nSPS) is 21.3. The number of benzene rings is 1. The van der Waals surface area contributed by atoms with E-state index in [4.69, 9.17) is 9.47 Å². The van der Waals surface area contributed by atoms with E-state index in [1.54, 1.807) is 28.6 Å². The minimum Gasteiger partial charge on any atom is -0.473 e. The van der Waals surface area contributed by atoms with Gasteiger partial charge in [0.1, 0.15) is 11.8 Å². The molecule has 1 N–H and O–H groups in total. The number of amides is 1. The van der Waals surface area contributed by atoms with Crippen molar-refractivity contribution in [3.63, 3.8) is 0 Å². The van der Waals surface area contributed by atoms with Crippen molar-refractivity contribution < 1.29 is 14.3 Å². The molecule has 1 aliphatic heterocycles. The quantitative estimate of drug-likeness (QED) is 0.689. The molecule has 150 valence electrons. The van der Waals surface area contributed by atoms with Crippen LogP contribution in [0.25, 0.3) is 10.2 Å². The lowest BCUT2D eigenvalue weighted by Gasteiger charge is -2.39. The Bertz CT molecular complexity index is 997. The predicted octanol–water partition coefficient (Wildman–Crippen LogP) is 3.27. The van der Waals surface area contributed by atoms with Gasteiger partial charge in [-0.05, 0) is 12.1 Å². The number of rotatable bonds is 5. The average Bonchev–Trinajstić information content (AvgIpc) is 3.08. The SMILES string of the molecule is COC(=O)N1CC(c2nccnc2O[C@H]2C[C@@H](Nc3nc4ccccc4s3)C2)C1. The lowest BCUT2D eigenvalue weighted by molar-refractivity contribution is 0.0794. The van der Waals surface area contributed by atoms with E-state index in [1.165, 1.54) is 11.8 Å². The Morgan fingerprint density at radius 3 is 2.79 bits per heavy atom. The highest BCUT2D eigenvalue weighted by atomic mass is 32.1. The molecule has 3 aromatic rings. The lowest BCUT2D eigenvalue weighted by Crippen LogP contribution is -2.49. The zero-order valence-corrected chi connectivity index (χ0v) is 16.8. The first-order valence-electron chi connectivity index (χ1n) is 9.62. The molecule has 1 saturated carbocycles. The predicted molar refractivity (Wildman–Crippen MR) is 109 cm³/mol. The van der Waals surface area contributed by atoms with Gasteiger partial charge in [-0.2, -0.15) is 0 Å². The summed E-state index contributed by atoms with van der Waals surface area (Å²) in [6.07, 6.45) is 4.90. The molecule has 1 aromatic carbocycles. The van der Waals surface area contributed by atoms with Crippen molar-refractivity contribution in [2.45, 2.75) is 30.9 Å². The van der Waals surface area contributed by atoms with E-state index in [2.05, 4.69) is 26.3 Å². The number of hydrogen-bond acceptors (Lipinski definition) is 8. The third-order valence-electron chi connectivity index (χ3n) is 5.39. The first kappa shape index (κ1) is 18.1. The fraction of sp³-hybridized carbons (Fsp3) is 0.400. The highest BCUT2D eigenvalue weighted by Crippen LogP contribution is 2.35. The van der Waals surface area contributed by atoms with Crippen LogP contribution in [-0.4, -0.2) is 58.3 Å². The topological polar surface area (TPSA) is 89.5 Å². The molecule has 29 heavy (non-hydrogen) atoms. The van der Waals surface area contributed by atoms with Gasteiger partial charge in [0.25, 0.3) is 0 Å². The van der Waals surface area contributed by atoms with E-state index >= 15 is 0 Å². The Morgan fingerprint density at radius 1 is 1.21 bits per heavy atom. The standard InChI is InChI=1S/C20H21N5O3S/c1-27-20(26)25-10-12(11-25)17-18(22-7-6-21-17)28-14-8-13(9-14)23-19-24-15-4-2-3-5-16(15)29-19/h2-7,12-14H,8-11H2,1H3,(H,23,24)/t13-,14+. The Morgan fingerprint density at radius 2 is 2.00 bits per heavy atom. The van der Waals surface area contributed by atoms with Gasteiger partial charge in [0, 0.05) is 50.3 Å². The zero-order valence-electron chi connectivity index (χ0n) is 15.9. The van der Waals surface area contributed by atoms with Crippen LogP contribution in [0.2, 0.25) is 0 Å². The minimum atomic E-state index is -0.310. The van der Waals surface area contributed by atoms with Crippen LogP contribution in [0.4, 0.5) is 9.93 Å². The first-order valence-corrected chi connectivity index (χ1v) is 10.4. The van der Waals surface area contributed by atoms with E-state index < -0.39 is 0 Å². The van der Waals surface area contributed by atoms with Crippen molar-refractivity contribution in [1.29, 1.82) is 0 Å². The summed E-state index contributed by atoms with van der Waals surface area (Å²) in [5.41, 5.74) is 1.84. The van der Waals surface area contributed by atoms with Crippen molar-refractivity contribution in [1.82, 2.24) is 19.9 Å². The molecule has 2 aliphatic rings. The van der Waals surface area contributed by atoms with Crippen LogP contribution in [0.15, 0.2) is 36.7 Å². The van der Waals surface area contributed by atoms with Crippen LogP contribution in [0, 0.1) is 0 Å². The molecule has 0 spiro atoms. The van der Waals surface area contributed by atoms with Gasteiger partial charge in [0.15, 0.2) is 5.13 Å². The molecule has 1 amide bonds. The van der Waals surface area contributed by atoms with Gasteiger partial charge < -0.3 is 19.7 Å². The number of nitrogens with zero attached hydrogens (tertiary/aromatic N) is 4. The summed E-state index contributed by atoms with van der Waals surface area (Å²) in [6, 6.07) is 8.50. The van der Waals surface area contributed by atoms with Crippen LogP contribution in [0.5, 0.6) is 5.88 Å². The van der Waals surface area contributed by atoms with Gasteiger partial charge in [-0.3, -0.25) is 4.98 Å². The van der Waals surface area contributed by atoms with Gasteiger partial charge in [-0.15, -0.1) is 0 Å². The summed E-state index contributed by atoms with van der Waals surface area (Å²) in [5, 5.41) is 4.45. The van der Waals surface area contributed by atoms with Crippen LogP contribution in [-0.2, 0) is 4.74 Å². The summed E-state index contributed by atoms with van der Waals surface area (Å²) in [4.78, 5) is 26.7. The fourth-order valence-electron chi connectivity index (χ4n) is 3.68. The van der Waals surface area contributed by atoms with Gasteiger partial charge in [-0.1, -0.05) is 23.5 Å². The van der Waals surface area contributed by atoms with E-state index in [0.29, 0.717) is 25.0 Å². The second-order valence-electron chi connectivity index (χ2n) is 7.36. The molecule has 9 heteroatoms. The Kier molecular flexibility index (Phi) is 4.67. The smallest absolute Gasteiger partial charge is 0.409 e. The number of fused-ring (bicyclic) bond motifs is 1. The fourth-order valence-corrected chi connectivity index (χ4v) is 4.63. The van der Waals surface area contributed by atoms with Crippen molar-refractivity contribution in [2.24, 2.45) is 0 Å². The second-order valence-corrected chi connectivity index (χ2v) is 8.39. The molecule has 0 unspecified atom stereocenters. The molecular weight excluding hydrogens is 390 g/mol. The summed E-state index contributed by atoms with van der Waals surface area (Å²) >= 11 is 1.67. The maximum atomic E-state index is 11.6. The van der Waals surface area contributed by atoms with E-state index in [1.807, 2.05) is 18.2 Å². The third-order valence-corrected chi connectivity index (χ3v) is 6.35. The van der Waals surface area contributed by atoms with Crippen molar-refractivity contribution in [2.75, 3.05) is 25.5 Å². The number of nitrogens with one attached hydrogen (secondary N) is 1. The summed E-state index contributed by atoms with van der Waals surface area (Å²) in [6.45, 7) is 1.16. The lowest BCUT2D eigenvalue weighted by atomic mass is 9.89. The third kappa shape index (κ3) is 3.57. The molecule has 0 radical (unpaired) electrons. The molecule has 8 nitrogen and oxygen atoms in total. The molecule has 0 atom stereocenters. The number of thiazole rings is 1. The van der Waals surface area contributed by atoms with Crippen molar-refractivity contribution >= 4 is 32.8 Å². The molecule has 0 bridgehead atoms. The van der Waals surface area contributed by atoms with Crippen molar-refractivity contribution in [3.8, 4) is 5.88 Å². The summed E-state index contributed by atoms with van der Waals surface area (Å²) in [5.74, 6) is 0.708. The molecule has 1 saturated heterocycles. The molecular formula is C20H21N5O3S. The summed E-state index contributed by atoms with van der Waals surface area (Å²) in [7, 11) is 1.39. The number of methoxy groups -OCH3 is 1. The van der Waals surface area contributed by atoms with Gasteiger partial charge >= 0.3 is 6.09 Å². The van der Waals surface area contributed by atoms with Crippen molar-refractivity contribution in [3.05, 3.63) is 42.4 Å². The largest absolute Gasteiger partial charge is 0.473 e. The molecule has 2 fully saturated rings. The monoisotopic (exact) mass is 411 g/mol. The van der Waals surface area contributed by atoms with Gasteiger partial charge in [-0.25, -0.2) is 14.8 Å². The first-order chi connectivity index (χ1) is 14.2. The van der Waals surface area contributed by atoms with Crippen LogP contribution in [0.3, 0.4) is 0 Å². The Balaban J connectivity index is 1.16. The molecule has 5 rings (SSSR count). The molecule has 1 aliphatic carbocycles. The maximum Gasteiger partial charge on any atom is 0.409 e. The second kappa shape index (κ2) is 7.47. The van der Waals surface area contributed by atoms with Crippen LogP contribution in [0.1, 0.15) is 24.5 Å². The number of ether oxygens (including phenoxy) is 2. The number of likely N-dealkylation sites (tertiary alicyclic amines) is 1. The van der Waals surface area contributed by atoms with E-state index in [-0.39, 0.29) is 18.1 Å². The summed E-state index contributed by atoms with van der Waals surface area (Å²) < 4.78 is 12.1. The average molecular weight is 411 g/mol. The highest BCUT2D eigenvalue weighted by molar-refractivity contribution is 7.22. The number of hydrogen-bond donors (Lipinski definition) is 1. The van der Waals surface area contributed by atoms with E-state index in [0.717, 1.165) is 29.2 Å².